The van der Waals surface area contributed by atoms with Crippen LogP contribution in [0.1, 0.15) is 70.3 Å². The maximum absolute atomic E-state index is 2.52. The van der Waals surface area contributed by atoms with E-state index in [1.807, 2.05) is 11.3 Å². The third-order valence-electron chi connectivity index (χ3n) is 3.96. The summed E-state index contributed by atoms with van der Waals surface area (Å²) in [6.45, 7) is 2.29. The number of unbranched alkanes of at least 4 members (excludes halogenated alkanes) is 8. The zero-order valence-electron chi connectivity index (χ0n) is 14.1. The van der Waals surface area contributed by atoms with E-state index in [9.17, 15) is 0 Å². The van der Waals surface area contributed by atoms with Gasteiger partial charge in [0.15, 0.2) is 0 Å². The van der Waals surface area contributed by atoms with Gasteiger partial charge < -0.3 is 0 Å². The van der Waals surface area contributed by atoms with Crippen molar-refractivity contribution in [3.05, 3.63) is 17.0 Å². The molecule has 0 aliphatic carbocycles. The van der Waals surface area contributed by atoms with Crippen LogP contribution < -0.4 is 2.89 Å². The van der Waals surface area contributed by atoms with Crippen molar-refractivity contribution in [1.82, 2.24) is 0 Å². The summed E-state index contributed by atoms with van der Waals surface area (Å²) in [5, 5.41) is 2.42. The van der Waals surface area contributed by atoms with Crippen molar-refractivity contribution in [2.75, 3.05) is 0 Å². The molecule has 0 fully saturated rings. The molecule has 0 atom stereocenters. The molecule has 116 valence electrons. The van der Waals surface area contributed by atoms with Gasteiger partial charge in [-0.05, 0) is 0 Å². The molecule has 0 aromatic carbocycles. The van der Waals surface area contributed by atoms with Gasteiger partial charge in [-0.3, -0.25) is 0 Å². The molecule has 20 heavy (non-hydrogen) atoms. The van der Waals surface area contributed by atoms with Crippen LogP contribution in [-0.4, -0.2) is 18.4 Å². The molecule has 0 N–H and O–H groups in total. The van der Waals surface area contributed by atoms with Crippen molar-refractivity contribution >= 4 is 32.6 Å². The molecule has 0 amide bonds. The molecule has 0 spiro atoms. The molecule has 1 aromatic rings. The van der Waals surface area contributed by atoms with Crippen LogP contribution in [0.4, 0.5) is 0 Å². The van der Waals surface area contributed by atoms with Crippen molar-refractivity contribution in [3.63, 3.8) is 0 Å². The van der Waals surface area contributed by atoms with Crippen LogP contribution in [-0.2, 0) is 6.42 Å². The third-order valence-corrected chi connectivity index (χ3v) is 14.5. The van der Waals surface area contributed by atoms with Gasteiger partial charge in [0.1, 0.15) is 0 Å². The summed E-state index contributed by atoms with van der Waals surface area (Å²) in [6, 6.07) is 2.52. The molecule has 0 aliphatic heterocycles. The van der Waals surface area contributed by atoms with E-state index < -0.39 is 18.4 Å². The Balaban J connectivity index is 2.03. The zero-order chi connectivity index (χ0) is 14.8. The molecular weight excluding hydrogens is 367 g/mol. The number of rotatable bonds is 11. The first-order valence-corrected chi connectivity index (χ1v) is 19.5. The average molecular weight is 401 g/mol. The minimum atomic E-state index is -1.78. The monoisotopic (exact) mass is 402 g/mol. The van der Waals surface area contributed by atoms with Crippen LogP contribution in [0.15, 0.2) is 11.4 Å². The second-order valence-electron chi connectivity index (χ2n) is 7.15. The van der Waals surface area contributed by atoms with Gasteiger partial charge in [0.2, 0.25) is 0 Å². The van der Waals surface area contributed by atoms with Crippen molar-refractivity contribution in [2.45, 2.75) is 86.0 Å². The Kier molecular flexibility index (Phi) is 9.52. The van der Waals surface area contributed by atoms with E-state index in [1.165, 1.54) is 64.2 Å². The van der Waals surface area contributed by atoms with Gasteiger partial charge in [-0.1, -0.05) is 13.3 Å². The normalized spacial score (nSPS) is 12.0. The van der Waals surface area contributed by atoms with Crippen molar-refractivity contribution in [3.8, 4) is 0 Å². The molecule has 1 heterocycles. The molecular formula is C18H34SSn. The molecule has 0 radical (unpaired) electrons. The van der Waals surface area contributed by atoms with Crippen LogP contribution in [0, 0.1) is 0 Å². The van der Waals surface area contributed by atoms with E-state index in [0.717, 1.165) is 0 Å². The Bertz CT molecular complexity index is 349. The SMILES string of the molecule is CCCCCCCCCCCc1cs[c]([Sn]([CH3])([CH3])[CH3])c1. The molecule has 1 rings (SSSR count). The topological polar surface area (TPSA) is 0 Å². The Morgan fingerprint density at radius 1 is 0.850 bits per heavy atom. The Hall–Kier alpha value is 0.499. The van der Waals surface area contributed by atoms with Gasteiger partial charge in [0, 0.05) is 0 Å². The third kappa shape index (κ3) is 8.07. The quantitative estimate of drug-likeness (QED) is 0.299. The summed E-state index contributed by atoms with van der Waals surface area (Å²) < 4.78 is 1.74. The standard InChI is InChI=1S/C15H25S.3CH3.Sn/c1-2-3-4-5-6-7-8-9-10-11-15-12-13-16-14-15;;;;/h12,14H,2-11H2,1H3;3*1H3;. The fraction of sp³-hybridized carbons (Fsp3) is 0.778. The summed E-state index contributed by atoms with van der Waals surface area (Å²) in [7, 11) is 0. The van der Waals surface area contributed by atoms with Crippen molar-refractivity contribution in [2.24, 2.45) is 0 Å². The van der Waals surface area contributed by atoms with Crippen LogP contribution in [0.5, 0.6) is 0 Å². The van der Waals surface area contributed by atoms with Gasteiger partial charge in [-0.2, -0.15) is 0 Å². The average Bonchev–Trinajstić information content (AvgIpc) is 2.85. The Morgan fingerprint density at radius 2 is 1.40 bits per heavy atom. The van der Waals surface area contributed by atoms with Gasteiger partial charge in [0.05, 0.1) is 0 Å². The van der Waals surface area contributed by atoms with Crippen LogP contribution in [0.3, 0.4) is 0 Å². The van der Waals surface area contributed by atoms with E-state index in [4.69, 9.17) is 0 Å². The molecule has 1 aromatic heterocycles. The first-order valence-electron chi connectivity index (χ1n) is 8.62. The van der Waals surface area contributed by atoms with E-state index in [-0.39, 0.29) is 0 Å². The summed E-state index contributed by atoms with van der Waals surface area (Å²) >= 11 is 0.247. The molecule has 0 bridgehead atoms. The van der Waals surface area contributed by atoms with Crippen molar-refractivity contribution in [1.29, 1.82) is 0 Å². The summed E-state index contributed by atoms with van der Waals surface area (Å²) in [5.74, 6) is 0. The van der Waals surface area contributed by atoms with E-state index in [1.54, 1.807) is 8.46 Å². The van der Waals surface area contributed by atoms with Gasteiger partial charge >= 0.3 is 122 Å². The fourth-order valence-electron chi connectivity index (χ4n) is 2.54. The second kappa shape index (κ2) is 10.3. The first kappa shape index (κ1) is 18.5. The summed E-state index contributed by atoms with van der Waals surface area (Å²) in [5.41, 5.74) is 1.61. The maximum atomic E-state index is 2.52. The molecule has 0 aliphatic rings. The van der Waals surface area contributed by atoms with Crippen LogP contribution >= 0.6 is 11.3 Å². The van der Waals surface area contributed by atoms with Crippen LogP contribution in [0.25, 0.3) is 0 Å². The van der Waals surface area contributed by atoms with E-state index in [2.05, 4.69) is 33.2 Å². The van der Waals surface area contributed by atoms with Crippen LogP contribution in [0.2, 0.25) is 14.8 Å². The minimum absolute atomic E-state index is 1.31. The fourth-order valence-corrected chi connectivity index (χ4v) is 8.87. The first-order chi connectivity index (χ1) is 9.54. The van der Waals surface area contributed by atoms with Gasteiger partial charge in [-0.25, -0.2) is 0 Å². The Labute approximate surface area is 135 Å². The number of hydrogen-bond donors (Lipinski definition) is 0. The van der Waals surface area contributed by atoms with Crippen molar-refractivity contribution < 1.29 is 0 Å². The predicted molar refractivity (Wildman–Crippen MR) is 98.2 cm³/mol. The van der Waals surface area contributed by atoms with E-state index >= 15 is 0 Å². The second-order valence-corrected chi connectivity index (χ2v) is 23.5. The van der Waals surface area contributed by atoms with Gasteiger partial charge in [0.25, 0.3) is 0 Å². The summed E-state index contributed by atoms with van der Waals surface area (Å²) in [6.07, 6.45) is 14.2. The number of hydrogen-bond acceptors (Lipinski definition) is 1. The molecule has 0 unspecified atom stereocenters. The number of aryl methyl sites for hydroxylation is 1. The zero-order valence-corrected chi connectivity index (χ0v) is 17.8. The molecule has 0 nitrogen and oxygen atoms in total. The molecule has 0 saturated carbocycles. The van der Waals surface area contributed by atoms with Gasteiger partial charge in [-0.15, -0.1) is 0 Å². The molecule has 2 heteroatoms. The predicted octanol–water partition coefficient (Wildman–Crippen LogP) is 6.37. The Morgan fingerprint density at radius 3 is 1.90 bits per heavy atom. The molecule has 0 saturated heterocycles. The van der Waals surface area contributed by atoms with E-state index in [0.29, 0.717) is 0 Å². The summed E-state index contributed by atoms with van der Waals surface area (Å²) in [4.78, 5) is 7.55. The number of thiophene rings is 1.